The van der Waals surface area contributed by atoms with Crippen LogP contribution in [0.4, 0.5) is 0 Å². The molecule has 10 nitrogen and oxygen atoms in total. The van der Waals surface area contributed by atoms with Gasteiger partial charge in [0.05, 0.1) is 18.8 Å². The maximum Gasteiger partial charge on any atom is 0.312 e. The highest BCUT2D eigenvalue weighted by atomic mass is 16.5. The Morgan fingerprint density at radius 3 is 2.19 bits per heavy atom. The van der Waals surface area contributed by atoms with Crippen LogP contribution in [-0.2, 0) is 14.3 Å². The summed E-state index contributed by atoms with van der Waals surface area (Å²) in [7, 11) is 0. The van der Waals surface area contributed by atoms with Gasteiger partial charge >= 0.3 is 11.8 Å². The molecule has 2 saturated heterocycles. The normalized spacial score (nSPS) is 18.0. The van der Waals surface area contributed by atoms with Crippen molar-refractivity contribution in [2.24, 2.45) is 0 Å². The molecule has 3 amide bonds. The lowest BCUT2D eigenvalue weighted by Crippen LogP contribution is -2.55. The number of carbonyl (C=O) groups excluding carboxylic acids is 3. The summed E-state index contributed by atoms with van der Waals surface area (Å²) in [6.45, 7) is 3.26. The van der Waals surface area contributed by atoms with Crippen LogP contribution in [0.15, 0.2) is 24.7 Å². The molecule has 0 radical (unpaired) electrons. The first-order valence-electron chi connectivity index (χ1n) is 8.88. The third-order valence-corrected chi connectivity index (χ3v) is 4.87. The van der Waals surface area contributed by atoms with Gasteiger partial charge in [0.1, 0.15) is 6.33 Å². The number of piperazine rings is 1. The minimum atomic E-state index is -0.505. The first-order valence-corrected chi connectivity index (χ1v) is 8.88. The van der Waals surface area contributed by atoms with Gasteiger partial charge in [0.2, 0.25) is 0 Å². The molecule has 0 spiro atoms. The van der Waals surface area contributed by atoms with Crippen LogP contribution >= 0.6 is 0 Å². The fourth-order valence-corrected chi connectivity index (χ4v) is 3.29. The van der Waals surface area contributed by atoms with E-state index in [4.69, 9.17) is 4.74 Å². The summed E-state index contributed by atoms with van der Waals surface area (Å²) in [6, 6.07) is 3.45. The summed E-state index contributed by atoms with van der Waals surface area (Å²) < 4.78 is 6.90. The maximum atomic E-state index is 12.7. The zero-order chi connectivity index (χ0) is 18.8. The second kappa shape index (κ2) is 7.31. The van der Waals surface area contributed by atoms with Crippen LogP contribution in [0.2, 0.25) is 0 Å². The number of morpholine rings is 1. The Bertz CT molecular complexity index is 867. The number of fused-ring (bicyclic) bond motifs is 1. The van der Waals surface area contributed by atoms with Crippen LogP contribution < -0.4 is 0 Å². The van der Waals surface area contributed by atoms with E-state index in [1.165, 1.54) is 9.80 Å². The first-order chi connectivity index (χ1) is 13.1. The predicted molar refractivity (Wildman–Crippen MR) is 92.9 cm³/mol. The summed E-state index contributed by atoms with van der Waals surface area (Å²) in [5, 5.41) is 7.71. The predicted octanol–water partition coefficient (Wildman–Crippen LogP) is -1.13. The zero-order valence-electron chi connectivity index (χ0n) is 14.8. The number of aromatic nitrogens is 3. The summed E-state index contributed by atoms with van der Waals surface area (Å²) in [5.41, 5.74) is 1.20. The number of ether oxygens (including phenoxy) is 1. The van der Waals surface area contributed by atoms with Crippen LogP contribution in [0.5, 0.6) is 0 Å². The van der Waals surface area contributed by atoms with E-state index >= 15 is 0 Å². The summed E-state index contributed by atoms with van der Waals surface area (Å²) >= 11 is 0. The van der Waals surface area contributed by atoms with E-state index in [2.05, 4.69) is 10.2 Å². The summed E-state index contributed by atoms with van der Waals surface area (Å²) in [4.78, 5) is 42.2. The molecular formula is C17H20N6O4. The van der Waals surface area contributed by atoms with Crippen molar-refractivity contribution >= 4 is 23.4 Å². The van der Waals surface area contributed by atoms with Crippen LogP contribution in [0.1, 0.15) is 10.4 Å². The Kier molecular flexibility index (Phi) is 4.71. The van der Waals surface area contributed by atoms with Gasteiger partial charge in [-0.05, 0) is 12.1 Å². The molecule has 0 N–H and O–H groups in total. The topological polar surface area (TPSA) is 100 Å². The van der Waals surface area contributed by atoms with Gasteiger partial charge in [-0.2, -0.15) is 0 Å². The lowest BCUT2D eigenvalue weighted by atomic mass is 10.2. The number of hydrogen-bond acceptors (Lipinski definition) is 6. The highest BCUT2D eigenvalue weighted by Crippen LogP contribution is 2.11. The van der Waals surface area contributed by atoms with E-state index in [1.54, 1.807) is 34.0 Å². The van der Waals surface area contributed by atoms with Gasteiger partial charge < -0.3 is 19.4 Å². The number of nitrogens with zero attached hydrogens (tertiary/aromatic N) is 6. The molecule has 10 heteroatoms. The summed E-state index contributed by atoms with van der Waals surface area (Å²) in [6.07, 6.45) is 3.23. The van der Waals surface area contributed by atoms with Crippen molar-refractivity contribution in [3.05, 3.63) is 30.2 Å². The molecule has 4 heterocycles. The Hall–Kier alpha value is -3.01. The molecule has 2 aliphatic heterocycles. The van der Waals surface area contributed by atoms with Crippen LogP contribution in [0, 0.1) is 0 Å². The highest BCUT2D eigenvalue weighted by Gasteiger charge is 2.31. The largest absolute Gasteiger partial charge is 0.378 e. The molecule has 0 bridgehead atoms. The molecular weight excluding hydrogens is 352 g/mol. The average Bonchev–Trinajstić information content (AvgIpc) is 3.21. The molecule has 142 valence electrons. The highest BCUT2D eigenvalue weighted by molar-refractivity contribution is 6.34. The van der Waals surface area contributed by atoms with Crippen LogP contribution in [0.25, 0.3) is 5.65 Å². The molecule has 2 aliphatic rings. The Labute approximate surface area is 155 Å². The van der Waals surface area contributed by atoms with Gasteiger partial charge in [-0.3, -0.25) is 18.8 Å². The lowest BCUT2D eigenvalue weighted by molar-refractivity contribution is -0.154. The van der Waals surface area contributed by atoms with Crippen molar-refractivity contribution in [3.8, 4) is 0 Å². The van der Waals surface area contributed by atoms with Gasteiger partial charge in [-0.15, -0.1) is 10.2 Å². The van der Waals surface area contributed by atoms with Gasteiger partial charge in [-0.25, -0.2) is 0 Å². The molecule has 0 unspecified atom stereocenters. The lowest BCUT2D eigenvalue weighted by Gasteiger charge is -2.35. The zero-order valence-corrected chi connectivity index (χ0v) is 14.8. The number of rotatable bonds is 1. The Morgan fingerprint density at radius 1 is 0.852 bits per heavy atom. The number of carbonyl (C=O) groups is 3. The smallest absolute Gasteiger partial charge is 0.312 e. The van der Waals surface area contributed by atoms with Crippen molar-refractivity contribution in [1.82, 2.24) is 29.3 Å². The van der Waals surface area contributed by atoms with Gasteiger partial charge in [0, 0.05) is 45.5 Å². The van der Waals surface area contributed by atoms with E-state index in [1.807, 2.05) is 0 Å². The minimum absolute atomic E-state index is 0.114. The molecule has 2 fully saturated rings. The SMILES string of the molecule is O=C(C(=O)N1CCN(C(=O)c2ccc3nncn3c2)CC1)N1CCOCC1. The molecule has 0 aromatic carbocycles. The first kappa shape index (κ1) is 17.4. The van der Waals surface area contributed by atoms with E-state index in [0.717, 1.165) is 0 Å². The molecule has 0 saturated carbocycles. The number of amides is 3. The van der Waals surface area contributed by atoms with Crippen molar-refractivity contribution in [3.63, 3.8) is 0 Å². The minimum Gasteiger partial charge on any atom is -0.378 e. The quantitative estimate of drug-likeness (QED) is 0.588. The van der Waals surface area contributed by atoms with Crippen molar-refractivity contribution in [2.45, 2.75) is 0 Å². The van der Waals surface area contributed by atoms with E-state index in [0.29, 0.717) is 63.7 Å². The fourth-order valence-electron chi connectivity index (χ4n) is 3.29. The molecule has 27 heavy (non-hydrogen) atoms. The van der Waals surface area contributed by atoms with Crippen LogP contribution in [0.3, 0.4) is 0 Å². The van der Waals surface area contributed by atoms with Crippen molar-refractivity contribution in [2.75, 3.05) is 52.5 Å². The third kappa shape index (κ3) is 3.47. The van der Waals surface area contributed by atoms with E-state index < -0.39 is 11.8 Å². The average molecular weight is 372 g/mol. The van der Waals surface area contributed by atoms with Crippen LogP contribution in [-0.4, -0.2) is 99.5 Å². The number of hydrogen-bond donors (Lipinski definition) is 0. The second-order valence-electron chi connectivity index (χ2n) is 6.50. The van der Waals surface area contributed by atoms with Gasteiger partial charge in [-0.1, -0.05) is 0 Å². The third-order valence-electron chi connectivity index (χ3n) is 4.87. The van der Waals surface area contributed by atoms with E-state index in [9.17, 15) is 14.4 Å². The second-order valence-corrected chi connectivity index (χ2v) is 6.50. The number of pyridine rings is 1. The molecule has 4 rings (SSSR count). The van der Waals surface area contributed by atoms with Crippen molar-refractivity contribution < 1.29 is 19.1 Å². The Morgan fingerprint density at radius 2 is 1.48 bits per heavy atom. The Balaban J connectivity index is 1.35. The molecule has 2 aromatic rings. The van der Waals surface area contributed by atoms with Gasteiger partial charge in [0.15, 0.2) is 5.65 Å². The molecule has 2 aromatic heterocycles. The van der Waals surface area contributed by atoms with E-state index in [-0.39, 0.29) is 5.91 Å². The standard InChI is InChI=1S/C17H20N6O4/c24-15(13-1-2-14-19-18-12-23(14)11-13)20-3-5-21(6-4-20)16(25)17(26)22-7-9-27-10-8-22/h1-2,11-12H,3-10H2. The van der Waals surface area contributed by atoms with Crippen molar-refractivity contribution in [1.29, 1.82) is 0 Å². The molecule has 0 atom stereocenters. The summed E-state index contributed by atoms with van der Waals surface area (Å²) in [5.74, 6) is -1.11. The molecule has 0 aliphatic carbocycles. The van der Waals surface area contributed by atoms with Gasteiger partial charge in [0.25, 0.3) is 5.91 Å². The maximum absolute atomic E-state index is 12.7. The fraction of sp³-hybridized carbons (Fsp3) is 0.471. The monoisotopic (exact) mass is 372 g/mol.